The van der Waals surface area contributed by atoms with E-state index in [0.717, 1.165) is 53.2 Å². The number of hydrogen-bond donors (Lipinski definition) is 2. The molecule has 8 bridgehead atoms. The molecule has 0 spiro atoms. The maximum Gasteiger partial charge on any atom is 0.207 e. The zero-order valence-electron chi connectivity index (χ0n) is 65.1. The first-order valence-corrected chi connectivity index (χ1v) is 48.9. The lowest BCUT2D eigenvalue weighted by molar-refractivity contribution is 0.583. The molecule has 2 aliphatic rings. The maximum atomic E-state index is 15.7. The van der Waals surface area contributed by atoms with Crippen molar-refractivity contribution in [2.75, 3.05) is 5.84 Å². The highest BCUT2D eigenvalue weighted by Crippen LogP contribution is 2.48. The Morgan fingerprint density at radius 3 is 0.554 bits per heavy atom. The van der Waals surface area contributed by atoms with E-state index in [0.29, 0.717) is 44.5 Å². The monoisotopic (exact) mass is 1760 g/mol. The Labute approximate surface area is 696 Å². The lowest BCUT2D eigenvalue weighted by Gasteiger charge is -2.14. The molecule has 0 amide bonds. The zero-order chi connectivity index (χ0) is 85.9. The van der Waals surface area contributed by atoms with E-state index in [1.807, 2.05) is 0 Å². The number of nitrogen functional groups attached to an aromatic ring is 1. The van der Waals surface area contributed by atoms with Gasteiger partial charge in [-0.25, -0.2) is 102 Å². The van der Waals surface area contributed by atoms with Gasteiger partial charge in [0.05, 0.1) is 78.3 Å². The molecule has 33 heteroatoms. The molecule has 0 fully saturated rings. The van der Waals surface area contributed by atoms with E-state index in [2.05, 4.69) is 4.98 Å². The molecule has 0 atom stereocenters. The number of aromatic amines is 1. The summed E-state index contributed by atoms with van der Waals surface area (Å²) in [5, 5.41) is -1.16. The van der Waals surface area contributed by atoms with Crippen LogP contribution in [0.4, 0.5) is 0 Å². The van der Waals surface area contributed by atoms with Gasteiger partial charge in [0.2, 0.25) is 78.7 Å². The molecule has 3 N–H and O–H groups in total. The molecule has 17 rings (SSSR count). The summed E-state index contributed by atoms with van der Waals surface area (Å²) in [6, 6.07) is 52.5. The van der Waals surface area contributed by atoms with E-state index in [4.69, 9.17) is 35.7 Å². The minimum Gasteiger partial charge on any atom is -0.336 e. The Kier molecular flexibility index (Phi) is 19.2. The van der Waals surface area contributed by atoms with Gasteiger partial charge in [-0.05, 0) is 201 Å². The second-order valence-corrected chi connectivity index (χ2v) is 45.1. The first-order chi connectivity index (χ1) is 57.1. The Morgan fingerprint density at radius 1 is 0.215 bits per heavy atom. The normalized spacial score (nSPS) is 12.9. The van der Waals surface area contributed by atoms with Crippen molar-refractivity contribution in [3.8, 4) is 45.6 Å². The van der Waals surface area contributed by atoms with E-state index in [1.165, 1.54) is 194 Å². The third-order valence-corrected chi connectivity index (χ3v) is 36.2. The molecule has 15 aromatic rings. The summed E-state index contributed by atoms with van der Waals surface area (Å²) in [6.07, 6.45) is 0. The summed E-state index contributed by atoms with van der Waals surface area (Å²) < 4.78 is 252. The van der Waals surface area contributed by atoms with Crippen LogP contribution in [0, 0.1) is 55.4 Å². The topological polar surface area (TPSA) is 397 Å². The number of aromatic nitrogens is 8. The number of nitrogens with two attached hydrogens (primary N) is 1. The van der Waals surface area contributed by atoms with Crippen LogP contribution in [0.5, 0.6) is 0 Å². The highest BCUT2D eigenvalue weighted by molar-refractivity contribution is 7.96. The molecular formula is C88H67N9O16S8. The predicted octanol–water partition coefficient (Wildman–Crippen LogP) is 15.2. The molecule has 0 unspecified atom stereocenters. The smallest absolute Gasteiger partial charge is 0.207 e. The summed E-state index contributed by atoms with van der Waals surface area (Å²) in [6.45, 7) is 13.7. The van der Waals surface area contributed by atoms with Crippen molar-refractivity contribution in [2.45, 2.75) is 134 Å². The van der Waals surface area contributed by atoms with E-state index < -0.39 is 164 Å². The number of nitrogens with one attached hydrogen (secondary N) is 1. The van der Waals surface area contributed by atoms with Gasteiger partial charge in [-0.15, -0.1) is 0 Å². The summed E-state index contributed by atoms with van der Waals surface area (Å²) in [4.78, 5) is 23.9. The van der Waals surface area contributed by atoms with Crippen LogP contribution in [0.1, 0.15) is 44.5 Å². The van der Waals surface area contributed by atoms with Crippen molar-refractivity contribution in [2.24, 2.45) is 0 Å². The number of aryl methyl sites for hydroxylation is 8. The standard InChI is InChI=1S/C88H67N9O16S8/c1-49-9-25-57(26-10-49)114(98,99)73-41-65-66(42-74(73)115(100,101)58-27-11-50(2)12-28-58)82-90-81(65)91-83-67-43-75(116(102,103)59-29-13-51(3)14-30-59)77(118(106,107)61-33-17-53(5)18-34-61)45-69(67)85(93-83)95-87-71-47-79(120(110,111)63-37-21-55(7)22-38-63)80(121(112,113)64-39-23-56(8)24-40-64)48-72(71)88(97(87)89)96-86-70-46-78(119(108,109)62-35-19-54(6)20-36-62)76(44-68(70)84(92-82)94-86)117(104,105)60-31-15-52(4)16-32-60/h9-48H,89H2,1-8H3,(H,90,91,92,93,94,95,96). The van der Waals surface area contributed by atoms with Gasteiger partial charge in [0.25, 0.3) is 0 Å². The van der Waals surface area contributed by atoms with Crippen molar-refractivity contribution in [3.05, 3.63) is 287 Å². The fourth-order valence-electron chi connectivity index (χ4n) is 14.4. The molecule has 0 saturated carbocycles. The van der Waals surface area contributed by atoms with Gasteiger partial charge in [0.15, 0.2) is 34.6 Å². The predicted molar refractivity (Wildman–Crippen MR) is 453 cm³/mol. The first kappa shape index (κ1) is 80.8. The molecule has 5 heterocycles. The number of fused-ring (bicyclic) bond motifs is 20. The molecule has 25 nitrogen and oxygen atoms in total. The quantitative estimate of drug-likeness (QED) is 0.0848. The van der Waals surface area contributed by atoms with E-state index in [1.54, 1.807) is 55.4 Å². The maximum absolute atomic E-state index is 15.7. The largest absolute Gasteiger partial charge is 0.336 e. The zero-order valence-corrected chi connectivity index (χ0v) is 71.6. The second kappa shape index (κ2) is 28.8. The Bertz CT molecular complexity index is 7750. The summed E-state index contributed by atoms with van der Waals surface area (Å²) in [5.74, 6) is 5.28. The van der Waals surface area contributed by atoms with Gasteiger partial charge >= 0.3 is 0 Å². The van der Waals surface area contributed by atoms with Crippen molar-refractivity contribution >= 4 is 123 Å². The van der Waals surface area contributed by atoms with E-state index >= 15 is 67.3 Å². The van der Waals surface area contributed by atoms with E-state index in [9.17, 15) is 0 Å². The number of hydrogen-bond acceptors (Lipinski definition) is 23. The van der Waals surface area contributed by atoms with Gasteiger partial charge in [0, 0.05) is 43.8 Å². The van der Waals surface area contributed by atoms with Gasteiger partial charge in [-0.2, -0.15) is 0 Å². The van der Waals surface area contributed by atoms with E-state index in [-0.39, 0.29) is 83.0 Å². The van der Waals surface area contributed by atoms with Crippen molar-refractivity contribution < 1.29 is 67.3 Å². The van der Waals surface area contributed by atoms with Crippen LogP contribution in [-0.2, 0) is 78.7 Å². The minimum atomic E-state index is -5.02. The van der Waals surface area contributed by atoms with Crippen molar-refractivity contribution in [1.82, 2.24) is 39.6 Å². The SMILES string of the molecule is Cc1ccc(S(=O)(=O)c2cc3c(cc2S(=O)(=O)c2ccc(C)cc2)-c2nc-3nc3[nH]c(nc4nc(nc5c6cc(S(=O)(=O)c7ccc(C)cc7)c(S(=O)(=O)c7ccc(C)cc7)cc6c(n2)n5N)-c2cc(S(=O)(=O)c5ccc(C)cc5)c(S(=O)(=O)c5ccc(C)cc5)cc2-4)c2cc(S(=O)(=O)c4ccc(C)cc4)c(S(=O)(=O)c4ccc(C)cc4)cc32)cc1. The summed E-state index contributed by atoms with van der Waals surface area (Å²) in [7, 11) is -40.0. The van der Waals surface area contributed by atoms with Crippen LogP contribution in [0.2, 0.25) is 0 Å². The third-order valence-electron chi connectivity index (χ3n) is 21.2. The van der Waals surface area contributed by atoms with Crippen molar-refractivity contribution in [3.63, 3.8) is 0 Å². The molecule has 608 valence electrons. The Morgan fingerprint density at radius 2 is 0.372 bits per heavy atom. The van der Waals surface area contributed by atoms with Gasteiger partial charge in [0.1, 0.15) is 11.3 Å². The first-order valence-electron chi connectivity index (χ1n) is 37.0. The van der Waals surface area contributed by atoms with Crippen LogP contribution < -0.4 is 5.84 Å². The lowest BCUT2D eigenvalue weighted by Crippen LogP contribution is -2.12. The number of H-pyrrole nitrogens is 1. The Balaban J connectivity index is 1.10. The van der Waals surface area contributed by atoms with Gasteiger partial charge in [-0.3, -0.25) is 0 Å². The second-order valence-electron chi connectivity index (χ2n) is 29.7. The third kappa shape index (κ3) is 13.7. The Hall–Kier alpha value is -12.6. The van der Waals surface area contributed by atoms with Crippen LogP contribution >= 0.6 is 0 Å². The molecule has 2 aliphatic heterocycles. The average Bonchev–Trinajstić information content (AvgIpc) is 1.62. The highest BCUT2D eigenvalue weighted by Gasteiger charge is 2.40. The summed E-state index contributed by atoms with van der Waals surface area (Å²) >= 11 is 0. The summed E-state index contributed by atoms with van der Waals surface area (Å²) in [5.41, 5.74) is 1.94. The average molecular weight is 1760 g/mol. The van der Waals surface area contributed by atoms with Crippen LogP contribution in [0.15, 0.2) is 321 Å². The number of rotatable bonds is 16. The fraction of sp³-hybridized carbons (Fsp3) is 0.0909. The highest BCUT2D eigenvalue weighted by atomic mass is 32.2. The number of benzene rings is 12. The van der Waals surface area contributed by atoms with Crippen LogP contribution in [0.3, 0.4) is 0 Å². The fourth-order valence-corrected chi connectivity index (χ4v) is 27.8. The molecule has 12 aromatic carbocycles. The molecule has 0 saturated heterocycles. The van der Waals surface area contributed by atoms with Crippen molar-refractivity contribution in [1.29, 1.82) is 0 Å². The van der Waals surface area contributed by atoms with Gasteiger partial charge in [-0.1, -0.05) is 142 Å². The molecular weight excluding hydrogens is 1700 g/mol. The molecule has 121 heavy (non-hydrogen) atoms. The molecule has 0 radical (unpaired) electrons. The van der Waals surface area contributed by atoms with Crippen LogP contribution in [0.25, 0.3) is 89.7 Å². The lowest BCUT2D eigenvalue weighted by atomic mass is 10.1. The molecule has 3 aromatic heterocycles. The minimum absolute atomic E-state index is 0.253. The van der Waals surface area contributed by atoms with Gasteiger partial charge < -0.3 is 10.8 Å². The number of nitrogens with zero attached hydrogens (tertiary/aromatic N) is 7. The molecule has 0 aliphatic carbocycles. The number of sulfone groups is 8. The van der Waals surface area contributed by atoms with Crippen LogP contribution in [-0.4, -0.2) is 107 Å².